The second-order valence-corrected chi connectivity index (χ2v) is 6.81. The van der Waals surface area contributed by atoms with Crippen molar-refractivity contribution < 1.29 is 9.47 Å². The van der Waals surface area contributed by atoms with Crippen molar-refractivity contribution in [2.75, 3.05) is 25.1 Å². The largest absolute Gasteiger partial charge is 0.497 e. The lowest BCUT2D eigenvalue weighted by molar-refractivity contribution is 0.415. The minimum atomic E-state index is -0.736. The van der Waals surface area contributed by atoms with Gasteiger partial charge in [-0.2, -0.15) is 10.2 Å². The van der Waals surface area contributed by atoms with Crippen LogP contribution in [0.4, 0.5) is 11.4 Å². The molecular formula is C24H20N4O4. The molecule has 0 unspecified atom stereocenters. The number of hydrogen-bond acceptors (Lipinski definition) is 8. The molecule has 32 heavy (non-hydrogen) atoms. The number of nitrogens with zero attached hydrogens (tertiary/aromatic N) is 2. The molecule has 0 bridgehead atoms. The number of rotatable bonds is 6. The number of ether oxygens (including phenoxy) is 2. The molecule has 160 valence electrons. The van der Waals surface area contributed by atoms with Crippen molar-refractivity contribution in [3.63, 3.8) is 0 Å². The van der Waals surface area contributed by atoms with Gasteiger partial charge < -0.3 is 9.47 Å². The van der Waals surface area contributed by atoms with Gasteiger partial charge in [0.2, 0.25) is 0 Å². The molecule has 0 spiro atoms. The lowest BCUT2D eigenvalue weighted by Crippen LogP contribution is -2.48. The first-order chi connectivity index (χ1) is 15.6. The van der Waals surface area contributed by atoms with Gasteiger partial charge >= 0.3 is 0 Å². The first-order valence-electron chi connectivity index (χ1n) is 9.75. The van der Waals surface area contributed by atoms with Crippen molar-refractivity contribution in [1.82, 2.24) is 0 Å². The lowest BCUT2D eigenvalue weighted by Gasteiger charge is -2.04. The van der Waals surface area contributed by atoms with E-state index in [9.17, 15) is 9.59 Å². The van der Waals surface area contributed by atoms with Gasteiger partial charge in [-0.3, -0.25) is 20.4 Å². The fourth-order valence-corrected chi connectivity index (χ4v) is 3.15. The van der Waals surface area contributed by atoms with E-state index in [4.69, 9.17) is 9.47 Å². The zero-order chi connectivity index (χ0) is 22.5. The van der Waals surface area contributed by atoms with Crippen LogP contribution in [0.3, 0.4) is 0 Å². The molecule has 0 saturated heterocycles. The van der Waals surface area contributed by atoms with Gasteiger partial charge in [0.1, 0.15) is 22.2 Å². The molecular weight excluding hydrogens is 408 g/mol. The molecule has 4 aromatic carbocycles. The molecule has 4 rings (SSSR count). The standard InChI is InChI=1S/C24H20N4O4/c1-31-17-11-7-15(8-12-17)25-27-21-19-5-3-4-6-20(19)22(24(30)23(21)29)28-26-16-9-13-18(32-2)14-10-16/h3-14,25-26H,1-2H3/b27-21-,28-22-. The fraction of sp³-hybridized carbons (Fsp3) is 0.0833. The smallest absolute Gasteiger partial charge is 0.256 e. The van der Waals surface area contributed by atoms with E-state index in [1.165, 1.54) is 0 Å². The summed E-state index contributed by atoms with van der Waals surface area (Å²) in [6, 6.07) is 21.1. The predicted molar refractivity (Wildman–Crippen MR) is 123 cm³/mol. The molecule has 4 aromatic rings. The van der Waals surface area contributed by atoms with Crippen LogP contribution in [-0.4, -0.2) is 14.2 Å². The van der Waals surface area contributed by atoms with E-state index >= 15 is 0 Å². The van der Waals surface area contributed by atoms with Gasteiger partial charge in [0, 0.05) is 10.8 Å². The summed E-state index contributed by atoms with van der Waals surface area (Å²) in [5.41, 5.74) is 5.49. The van der Waals surface area contributed by atoms with E-state index < -0.39 is 10.9 Å². The van der Waals surface area contributed by atoms with E-state index in [1.807, 2.05) is 0 Å². The van der Waals surface area contributed by atoms with Crippen molar-refractivity contribution >= 4 is 22.1 Å². The summed E-state index contributed by atoms with van der Waals surface area (Å²) in [4.78, 5) is 25.7. The van der Waals surface area contributed by atoms with E-state index in [0.717, 1.165) is 0 Å². The topological polar surface area (TPSA) is 101 Å². The van der Waals surface area contributed by atoms with Crippen molar-refractivity contribution in [3.8, 4) is 11.5 Å². The normalized spacial score (nSPS) is 12.1. The zero-order valence-electron chi connectivity index (χ0n) is 17.5. The van der Waals surface area contributed by atoms with Crippen LogP contribution >= 0.6 is 0 Å². The summed E-state index contributed by atoms with van der Waals surface area (Å²) in [5.74, 6) is 1.39. The van der Waals surface area contributed by atoms with Crippen LogP contribution in [0.15, 0.2) is 92.6 Å². The van der Waals surface area contributed by atoms with Crippen LogP contribution in [0.5, 0.6) is 11.5 Å². The van der Waals surface area contributed by atoms with E-state index in [2.05, 4.69) is 21.1 Å². The van der Waals surface area contributed by atoms with Crippen molar-refractivity contribution in [3.05, 3.63) is 104 Å². The predicted octanol–water partition coefficient (Wildman–Crippen LogP) is 2.31. The second-order valence-electron chi connectivity index (χ2n) is 6.81. The van der Waals surface area contributed by atoms with Crippen molar-refractivity contribution in [2.45, 2.75) is 0 Å². The minimum absolute atomic E-state index is 0.0322. The van der Waals surface area contributed by atoms with Crippen LogP contribution in [0.2, 0.25) is 0 Å². The molecule has 0 aromatic heterocycles. The number of nitrogens with one attached hydrogen (secondary N) is 2. The van der Waals surface area contributed by atoms with E-state index in [1.54, 1.807) is 87.0 Å². The Morgan fingerprint density at radius 1 is 0.594 bits per heavy atom. The summed E-state index contributed by atoms with van der Waals surface area (Å²) in [6.45, 7) is 0. The van der Waals surface area contributed by atoms with Gasteiger partial charge in [0.05, 0.1) is 25.6 Å². The highest BCUT2D eigenvalue weighted by atomic mass is 16.5. The van der Waals surface area contributed by atoms with Crippen molar-refractivity contribution in [2.24, 2.45) is 10.2 Å². The molecule has 0 aliphatic carbocycles. The molecule has 0 heterocycles. The Hall–Kier alpha value is -4.46. The molecule has 0 atom stereocenters. The fourth-order valence-electron chi connectivity index (χ4n) is 3.15. The highest BCUT2D eigenvalue weighted by Gasteiger charge is 2.10. The summed E-state index contributed by atoms with van der Waals surface area (Å²) in [7, 11) is 3.16. The third kappa shape index (κ3) is 4.20. The van der Waals surface area contributed by atoms with Gasteiger partial charge in [-0.15, -0.1) is 0 Å². The van der Waals surface area contributed by atoms with Gasteiger partial charge in [0.15, 0.2) is 0 Å². The van der Waals surface area contributed by atoms with Gasteiger partial charge in [0.25, 0.3) is 10.9 Å². The minimum Gasteiger partial charge on any atom is -0.497 e. The maximum absolute atomic E-state index is 12.8. The summed E-state index contributed by atoms with van der Waals surface area (Å²) in [5, 5.41) is 9.55. The first-order valence-corrected chi connectivity index (χ1v) is 9.75. The average molecular weight is 428 g/mol. The number of methoxy groups -OCH3 is 2. The van der Waals surface area contributed by atoms with Crippen LogP contribution in [0.1, 0.15) is 0 Å². The summed E-state index contributed by atoms with van der Waals surface area (Å²) >= 11 is 0. The summed E-state index contributed by atoms with van der Waals surface area (Å²) < 4.78 is 10.3. The van der Waals surface area contributed by atoms with Crippen LogP contribution in [0.25, 0.3) is 10.8 Å². The zero-order valence-corrected chi connectivity index (χ0v) is 17.5. The Labute approximate surface area is 182 Å². The molecule has 0 radical (unpaired) electrons. The molecule has 0 aliphatic rings. The second kappa shape index (κ2) is 9.13. The highest BCUT2D eigenvalue weighted by molar-refractivity contribution is 5.81. The third-order valence-electron chi connectivity index (χ3n) is 4.85. The quantitative estimate of drug-likeness (QED) is 0.361. The summed E-state index contributed by atoms with van der Waals surface area (Å²) in [6.07, 6.45) is 0. The highest BCUT2D eigenvalue weighted by Crippen LogP contribution is 2.15. The maximum Gasteiger partial charge on any atom is 0.256 e. The van der Waals surface area contributed by atoms with Crippen molar-refractivity contribution in [1.29, 1.82) is 0 Å². The third-order valence-corrected chi connectivity index (χ3v) is 4.85. The van der Waals surface area contributed by atoms with Gasteiger partial charge in [-0.1, -0.05) is 24.3 Å². The molecule has 0 aliphatic heterocycles. The molecule has 2 N–H and O–H groups in total. The average Bonchev–Trinajstić information content (AvgIpc) is 2.85. The Kier molecular flexibility index (Phi) is 5.94. The Bertz CT molecular complexity index is 1360. The number of anilines is 2. The molecule has 8 nitrogen and oxygen atoms in total. The molecule has 0 amide bonds. The Balaban J connectivity index is 1.78. The number of hydrogen-bond donors (Lipinski definition) is 2. The molecule has 0 fully saturated rings. The van der Waals surface area contributed by atoms with E-state index in [0.29, 0.717) is 33.6 Å². The monoisotopic (exact) mass is 428 g/mol. The Morgan fingerprint density at radius 3 is 1.31 bits per heavy atom. The van der Waals surface area contributed by atoms with E-state index in [-0.39, 0.29) is 10.7 Å². The number of fused-ring (bicyclic) bond motifs is 1. The van der Waals surface area contributed by atoms with Gasteiger partial charge in [-0.25, -0.2) is 0 Å². The number of benzene rings is 4. The Morgan fingerprint density at radius 2 is 0.969 bits per heavy atom. The van der Waals surface area contributed by atoms with Crippen LogP contribution in [0, 0.1) is 0 Å². The van der Waals surface area contributed by atoms with Crippen LogP contribution in [-0.2, 0) is 0 Å². The molecule has 0 saturated carbocycles. The SMILES string of the molecule is COc1ccc(N/N=c2\c(=O)c(=O)/c(=N\Nc3ccc(OC)cc3)c3ccccc23)cc1. The maximum atomic E-state index is 12.8. The molecule has 8 heteroatoms. The van der Waals surface area contributed by atoms with Gasteiger partial charge in [-0.05, 0) is 48.5 Å². The lowest BCUT2D eigenvalue weighted by atomic mass is 10.1. The van der Waals surface area contributed by atoms with Crippen LogP contribution < -0.4 is 41.9 Å². The first kappa shape index (κ1) is 20.8.